The molecule has 1 heterocycles. The van der Waals surface area contributed by atoms with Gasteiger partial charge in [0, 0.05) is 18.8 Å². The van der Waals surface area contributed by atoms with Crippen LogP contribution >= 0.6 is 12.2 Å². The van der Waals surface area contributed by atoms with Crippen molar-refractivity contribution in [2.75, 3.05) is 25.0 Å². The van der Waals surface area contributed by atoms with Crippen LogP contribution in [-0.2, 0) is 4.74 Å². The Kier molecular flexibility index (Phi) is 4.15. The van der Waals surface area contributed by atoms with Gasteiger partial charge >= 0.3 is 5.97 Å². The van der Waals surface area contributed by atoms with Crippen LogP contribution in [0, 0.1) is 0 Å². The van der Waals surface area contributed by atoms with Gasteiger partial charge in [0.2, 0.25) is 0 Å². The number of benzene rings is 1. The van der Waals surface area contributed by atoms with Gasteiger partial charge in [-0.2, -0.15) is 0 Å². The first-order valence-corrected chi connectivity index (χ1v) is 6.44. The van der Waals surface area contributed by atoms with Crippen LogP contribution in [0.5, 0.6) is 0 Å². The van der Waals surface area contributed by atoms with Crippen molar-refractivity contribution in [1.82, 2.24) is 4.90 Å². The molecule has 0 bridgehead atoms. The molecule has 0 amide bonds. The Morgan fingerprint density at radius 1 is 1.39 bits per heavy atom. The molecule has 0 spiro atoms. The smallest absolute Gasteiger partial charge is 0.338 e. The number of anilines is 1. The number of carbonyl (C=O) groups is 1. The summed E-state index contributed by atoms with van der Waals surface area (Å²) in [6.45, 7) is 4.22. The quantitative estimate of drug-likeness (QED) is 0.670. The van der Waals surface area contributed by atoms with E-state index in [1.807, 2.05) is 12.1 Å². The van der Waals surface area contributed by atoms with E-state index in [0.717, 1.165) is 23.9 Å². The molecule has 4 nitrogen and oxygen atoms in total. The average Bonchev–Trinajstić information content (AvgIpc) is 2.27. The summed E-state index contributed by atoms with van der Waals surface area (Å²) in [6, 6.07) is 7.13. The molecule has 1 aliphatic heterocycles. The van der Waals surface area contributed by atoms with Gasteiger partial charge in [0.25, 0.3) is 0 Å². The second kappa shape index (κ2) is 5.82. The van der Waals surface area contributed by atoms with Crippen molar-refractivity contribution >= 4 is 29.0 Å². The highest BCUT2D eigenvalue weighted by molar-refractivity contribution is 7.80. The highest BCUT2D eigenvalue weighted by atomic mass is 32.1. The molecular weight excluding hydrogens is 248 g/mol. The fourth-order valence-corrected chi connectivity index (χ4v) is 1.93. The van der Waals surface area contributed by atoms with Gasteiger partial charge in [-0.05, 0) is 49.8 Å². The Morgan fingerprint density at radius 2 is 2.06 bits per heavy atom. The average molecular weight is 264 g/mol. The van der Waals surface area contributed by atoms with Crippen LogP contribution in [0.1, 0.15) is 23.7 Å². The lowest BCUT2D eigenvalue weighted by Gasteiger charge is -2.33. The van der Waals surface area contributed by atoms with Crippen LogP contribution in [0.25, 0.3) is 0 Å². The number of hydrogen-bond donors (Lipinski definition) is 1. The number of thiocarbonyl (C=S) groups is 1. The summed E-state index contributed by atoms with van der Waals surface area (Å²) in [5.74, 6) is -0.297. The Bertz CT molecular complexity index is 441. The number of esters is 1. The Hall–Kier alpha value is -1.62. The zero-order chi connectivity index (χ0) is 13.0. The van der Waals surface area contributed by atoms with Gasteiger partial charge in [-0.25, -0.2) is 4.79 Å². The molecule has 1 fully saturated rings. The highest BCUT2D eigenvalue weighted by Gasteiger charge is 2.16. The molecule has 0 aliphatic carbocycles. The zero-order valence-corrected chi connectivity index (χ0v) is 11.1. The van der Waals surface area contributed by atoms with Gasteiger partial charge in [-0.1, -0.05) is 0 Å². The van der Waals surface area contributed by atoms with Crippen LogP contribution < -0.4 is 5.32 Å². The van der Waals surface area contributed by atoms with Crippen molar-refractivity contribution in [2.45, 2.75) is 13.3 Å². The van der Waals surface area contributed by atoms with Crippen molar-refractivity contribution in [3.8, 4) is 0 Å². The monoisotopic (exact) mass is 264 g/mol. The highest BCUT2D eigenvalue weighted by Crippen LogP contribution is 2.13. The molecule has 0 saturated carbocycles. The van der Waals surface area contributed by atoms with E-state index >= 15 is 0 Å². The first-order valence-electron chi connectivity index (χ1n) is 6.04. The van der Waals surface area contributed by atoms with Crippen molar-refractivity contribution in [3.63, 3.8) is 0 Å². The van der Waals surface area contributed by atoms with Gasteiger partial charge < -0.3 is 15.0 Å². The normalized spacial score (nSPS) is 13.7. The molecule has 1 saturated heterocycles. The molecule has 18 heavy (non-hydrogen) atoms. The summed E-state index contributed by atoms with van der Waals surface area (Å²) in [5, 5.41) is 3.89. The van der Waals surface area contributed by atoms with Crippen LogP contribution in [0.2, 0.25) is 0 Å². The fraction of sp³-hybridized carbons (Fsp3) is 0.385. The van der Waals surface area contributed by atoms with E-state index in [2.05, 4.69) is 10.2 Å². The first kappa shape index (κ1) is 12.8. The topological polar surface area (TPSA) is 41.6 Å². The Balaban J connectivity index is 1.94. The lowest BCUT2D eigenvalue weighted by Crippen LogP contribution is -2.44. The maximum atomic E-state index is 11.5. The van der Waals surface area contributed by atoms with Gasteiger partial charge in [0.05, 0.1) is 12.2 Å². The maximum absolute atomic E-state index is 11.5. The Morgan fingerprint density at radius 3 is 2.56 bits per heavy atom. The minimum absolute atomic E-state index is 0.297. The lowest BCUT2D eigenvalue weighted by atomic mass is 10.2. The molecule has 1 aromatic rings. The summed E-state index contributed by atoms with van der Waals surface area (Å²) >= 11 is 5.26. The van der Waals surface area contributed by atoms with Crippen molar-refractivity contribution in [3.05, 3.63) is 29.8 Å². The molecule has 0 unspecified atom stereocenters. The van der Waals surface area contributed by atoms with Crippen LogP contribution in [0.4, 0.5) is 5.69 Å². The third-order valence-corrected chi connectivity index (χ3v) is 3.15. The standard InChI is InChI=1S/C13H16N2O2S/c1-2-17-12(16)10-4-6-11(7-5-10)14-13(18)15-8-3-9-15/h4-7H,2-3,8-9H2,1H3,(H,14,18). The second-order valence-electron chi connectivity index (χ2n) is 4.07. The molecule has 2 rings (SSSR count). The fourth-order valence-electron chi connectivity index (χ4n) is 1.63. The van der Waals surface area contributed by atoms with E-state index in [-0.39, 0.29) is 5.97 Å². The predicted octanol–water partition coefficient (Wildman–Crippen LogP) is 2.27. The summed E-state index contributed by atoms with van der Waals surface area (Å²) in [5.41, 5.74) is 1.44. The third-order valence-electron chi connectivity index (χ3n) is 2.79. The van der Waals surface area contributed by atoms with E-state index in [1.54, 1.807) is 19.1 Å². The summed E-state index contributed by atoms with van der Waals surface area (Å²) in [6.07, 6.45) is 1.20. The molecule has 1 aliphatic rings. The van der Waals surface area contributed by atoms with Crippen molar-refractivity contribution in [2.24, 2.45) is 0 Å². The third kappa shape index (κ3) is 2.98. The predicted molar refractivity (Wildman–Crippen MR) is 74.8 cm³/mol. The number of hydrogen-bond acceptors (Lipinski definition) is 3. The molecule has 5 heteroatoms. The minimum Gasteiger partial charge on any atom is -0.462 e. The lowest BCUT2D eigenvalue weighted by molar-refractivity contribution is 0.0526. The summed E-state index contributed by atoms with van der Waals surface area (Å²) < 4.78 is 4.92. The summed E-state index contributed by atoms with van der Waals surface area (Å²) in [7, 11) is 0. The number of nitrogens with zero attached hydrogens (tertiary/aromatic N) is 1. The molecule has 1 N–H and O–H groups in total. The molecule has 0 atom stereocenters. The van der Waals surface area contributed by atoms with Crippen LogP contribution in [0.15, 0.2) is 24.3 Å². The maximum Gasteiger partial charge on any atom is 0.338 e. The number of ether oxygens (including phenoxy) is 1. The number of likely N-dealkylation sites (tertiary alicyclic amines) is 1. The van der Waals surface area contributed by atoms with Gasteiger partial charge in [0.1, 0.15) is 0 Å². The zero-order valence-electron chi connectivity index (χ0n) is 10.3. The largest absolute Gasteiger partial charge is 0.462 e. The van der Waals surface area contributed by atoms with E-state index in [9.17, 15) is 4.79 Å². The molecule has 0 aromatic heterocycles. The van der Waals surface area contributed by atoms with Crippen molar-refractivity contribution < 1.29 is 9.53 Å². The molecular formula is C13H16N2O2S. The molecule has 1 aromatic carbocycles. The van der Waals surface area contributed by atoms with Gasteiger partial charge in [-0.15, -0.1) is 0 Å². The van der Waals surface area contributed by atoms with Crippen molar-refractivity contribution in [1.29, 1.82) is 0 Å². The SMILES string of the molecule is CCOC(=O)c1ccc(NC(=S)N2CCC2)cc1. The number of nitrogens with one attached hydrogen (secondary N) is 1. The minimum atomic E-state index is -0.297. The van der Waals surface area contributed by atoms with Crippen LogP contribution in [-0.4, -0.2) is 35.7 Å². The Labute approximate surface area is 112 Å². The summed E-state index contributed by atoms with van der Waals surface area (Å²) in [4.78, 5) is 13.6. The van der Waals surface area contributed by atoms with Gasteiger partial charge in [0.15, 0.2) is 5.11 Å². The second-order valence-corrected chi connectivity index (χ2v) is 4.46. The van der Waals surface area contributed by atoms with E-state index in [1.165, 1.54) is 6.42 Å². The number of carbonyl (C=O) groups excluding carboxylic acids is 1. The van der Waals surface area contributed by atoms with E-state index < -0.39 is 0 Å². The molecule has 0 radical (unpaired) electrons. The molecule has 96 valence electrons. The first-order chi connectivity index (χ1) is 8.70. The van der Waals surface area contributed by atoms with Crippen LogP contribution in [0.3, 0.4) is 0 Å². The van der Waals surface area contributed by atoms with E-state index in [0.29, 0.717) is 12.2 Å². The number of rotatable bonds is 3. The van der Waals surface area contributed by atoms with E-state index in [4.69, 9.17) is 17.0 Å². The van der Waals surface area contributed by atoms with Gasteiger partial charge in [-0.3, -0.25) is 0 Å².